The van der Waals surface area contributed by atoms with Gasteiger partial charge in [0.2, 0.25) is 0 Å². The van der Waals surface area contributed by atoms with Crippen LogP contribution in [-0.2, 0) is 17.6 Å². The maximum atomic E-state index is 12.2. The summed E-state index contributed by atoms with van der Waals surface area (Å²) in [6.07, 6.45) is 2.14. The molecule has 1 aliphatic carbocycles. The molecular formula is C20H16ClNO2. The van der Waals surface area contributed by atoms with E-state index in [-0.39, 0.29) is 12.5 Å². The average Bonchev–Trinajstić information content (AvgIpc) is 3.02. The van der Waals surface area contributed by atoms with Crippen LogP contribution in [0.25, 0.3) is 10.8 Å². The predicted molar refractivity (Wildman–Crippen MR) is 96.9 cm³/mol. The van der Waals surface area contributed by atoms with E-state index in [1.54, 1.807) is 12.1 Å². The van der Waals surface area contributed by atoms with Crippen molar-refractivity contribution in [3.63, 3.8) is 0 Å². The van der Waals surface area contributed by atoms with Gasteiger partial charge >= 0.3 is 0 Å². The Balaban J connectivity index is 1.53. The summed E-state index contributed by atoms with van der Waals surface area (Å²) in [5.74, 6) is 0.309. The van der Waals surface area contributed by atoms with Crippen molar-refractivity contribution in [1.82, 2.24) is 0 Å². The molecule has 0 radical (unpaired) electrons. The normalized spacial score (nSPS) is 12.4. The van der Waals surface area contributed by atoms with Gasteiger partial charge in [-0.15, -0.1) is 0 Å². The van der Waals surface area contributed by atoms with E-state index in [1.807, 2.05) is 24.3 Å². The van der Waals surface area contributed by atoms with Crippen LogP contribution in [0.15, 0.2) is 54.6 Å². The lowest BCUT2D eigenvalue weighted by atomic mass is 10.0. The quantitative estimate of drug-likeness (QED) is 0.755. The SMILES string of the molecule is O=C(COc1ccccc1Cl)Nc1ccc2c3c(cccc13)CC2. The van der Waals surface area contributed by atoms with Gasteiger partial charge in [0.15, 0.2) is 6.61 Å². The molecule has 0 saturated heterocycles. The largest absolute Gasteiger partial charge is 0.482 e. The minimum absolute atomic E-state index is 0.0767. The van der Waals surface area contributed by atoms with E-state index in [2.05, 4.69) is 23.5 Å². The smallest absolute Gasteiger partial charge is 0.262 e. The van der Waals surface area contributed by atoms with Gasteiger partial charge in [0, 0.05) is 11.1 Å². The highest BCUT2D eigenvalue weighted by molar-refractivity contribution is 6.32. The highest BCUT2D eigenvalue weighted by Gasteiger charge is 2.16. The number of aryl methyl sites for hydroxylation is 2. The molecule has 0 atom stereocenters. The lowest BCUT2D eigenvalue weighted by molar-refractivity contribution is -0.118. The highest BCUT2D eigenvalue weighted by atomic mass is 35.5. The molecule has 24 heavy (non-hydrogen) atoms. The topological polar surface area (TPSA) is 38.3 Å². The maximum absolute atomic E-state index is 12.2. The number of amides is 1. The average molecular weight is 338 g/mol. The molecule has 0 fully saturated rings. The van der Waals surface area contributed by atoms with Gasteiger partial charge in [0.05, 0.1) is 5.02 Å². The van der Waals surface area contributed by atoms with Gasteiger partial charge < -0.3 is 10.1 Å². The van der Waals surface area contributed by atoms with Crippen molar-refractivity contribution in [3.05, 3.63) is 70.7 Å². The third-order valence-corrected chi connectivity index (χ3v) is 4.66. The van der Waals surface area contributed by atoms with Crippen molar-refractivity contribution in [2.45, 2.75) is 12.8 Å². The number of carbonyl (C=O) groups excluding carboxylic acids is 1. The summed E-state index contributed by atoms with van der Waals surface area (Å²) in [5.41, 5.74) is 3.53. The molecule has 0 aromatic heterocycles. The van der Waals surface area contributed by atoms with Crippen molar-refractivity contribution >= 4 is 34.0 Å². The third-order valence-electron chi connectivity index (χ3n) is 4.35. The van der Waals surface area contributed by atoms with E-state index in [9.17, 15) is 4.79 Å². The Hall–Kier alpha value is -2.52. The van der Waals surface area contributed by atoms with E-state index < -0.39 is 0 Å². The Morgan fingerprint density at radius 2 is 1.79 bits per heavy atom. The molecule has 1 N–H and O–H groups in total. The van der Waals surface area contributed by atoms with E-state index in [4.69, 9.17) is 16.3 Å². The van der Waals surface area contributed by atoms with E-state index >= 15 is 0 Å². The number of rotatable bonds is 4. The van der Waals surface area contributed by atoms with Gasteiger partial charge in [-0.3, -0.25) is 4.79 Å². The van der Waals surface area contributed by atoms with Crippen LogP contribution in [0, 0.1) is 0 Å². The first-order valence-electron chi connectivity index (χ1n) is 7.93. The van der Waals surface area contributed by atoms with E-state index in [0.29, 0.717) is 10.8 Å². The highest BCUT2D eigenvalue weighted by Crippen LogP contribution is 2.35. The van der Waals surface area contributed by atoms with Crippen LogP contribution in [0.5, 0.6) is 5.75 Å². The van der Waals surface area contributed by atoms with Crippen LogP contribution in [0.2, 0.25) is 5.02 Å². The van der Waals surface area contributed by atoms with Crippen molar-refractivity contribution in [2.75, 3.05) is 11.9 Å². The fourth-order valence-corrected chi connectivity index (χ4v) is 3.44. The summed E-state index contributed by atoms with van der Waals surface area (Å²) >= 11 is 6.03. The molecule has 1 amide bonds. The zero-order valence-electron chi connectivity index (χ0n) is 13.0. The number of ether oxygens (including phenoxy) is 1. The van der Waals surface area contributed by atoms with E-state index in [1.165, 1.54) is 16.5 Å². The molecule has 120 valence electrons. The van der Waals surface area contributed by atoms with Gasteiger partial charge in [-0.25, -0.2) is 0 Å². The molecule has 0 aliphatic heterocycles. The molecule has 3 aromatic carbocycles. The first kappa shape index (κ1) is 15.0. The van der Waals surface area contributed by atoms with Crippen LogP contribution >= 0.6 is 11.6 Å². The Bertz CT molecular complexity index is 926. The fraction of sp³-hybridized carbons (Fsp3) is 0.150. The van der Waals surface area contributed by atoms with Crippen molar-refractivity contribution < 1.29 is 9.53 Å². The summed E-state index contributed by atoms with van der Waals surface area (Å²) in [6.45, 7) is -0.0767. The first-order chi connectivity index (χ1) is 11.7. The lowest BCUT2D eigenvalue weighted by Crippen LogP contribution is -2.20. The first-order valence-corrected chi connectivity index (χ1v) is 8.31. The fourth-order valence-electron chi connectivity index (χ4n) is 3.25. The zero-order chi connectivity index (χ0) is 16.5. The van der Waals surface area contributed by atoms with Gasteiger partial charge in [-0.1, -0.05) is 48.0 Å². The van der Waals surface area contributed by atoms with Crippen molar-refractivity contribution in [1.29, 1.82) is 0 Å². The summed E-state index contributed by atoms with van der Waals surface area (Å²) in [6, 6.07) is 17.5. The molecule has 3 aromatic rings. The molecule has 4 rings (SSSR count). The van der Waals surface area contributed by atoms with Crippen LogP contribution in [0.3, 0.4) is 0 Å². The molecule has 0 spiro atoms. The summed E-state index contributed by atoms with van der Waals surface area (Å²) in [4.78, 5) is 12.2. The molecule has 0 unspecified atom stereocenters. The zero-order valence-corrected chi connectivity index (χ0v) is 13.8. The summed E-state index contributed by atoms with van der Waals surface area (Å²) in [7, 11) is 0. The number of hydrogen-bond donors (Lipinski definition) is 1. The number of nitrogens with one attached hydrogen (secondary N) is 1. The Morgan fingerprint density at radius 1 is 1.00 bits per heavy atom. The molecule has 0 bridgehead atoms. The number of benzene rings is 3. The van der Waals surface area contributed by atoms with Gasteiger partial charge in [0.1, 0.15) is 5.75 Å². The summed E-state index contributed by atoms with van der Waals surface area (Å²) < 4.78 is 5.50. The second-order valence-corrected chi connectivity index (χ2v) is 6.29. The van der Waals surface area contributed by atoms with Crippen LogP contribution in [0.1, 0.15) is 11.1 Å². The number of para-hydroxylation sites is 1. The maximum Gasteiger partial charge on any atom is 0.262 e. The standard InChI is InChI=1S/C20H16ClNO2/c21-16-6-1-2-7-18(16)24-12-19(23)22-17-11-10-14-9-8-13-4-3-5-15(17)20(13)14/h1-7,10-11H,8-9,12H2,(H,22,23). The second kappa shape index (κ2) is 6.17. The minimum atomic E-state index is -0.200. The number of halogens is 1. The van der Waals surface area contributed by atoms with Gasteiger partial charge in [-0.05, 0) is 47.6 Å². The Kier molecular flexibility index (Phi) is 3.87. The molecule has 0 heterocycles. The van der Waals surface area contributed by atoms with Crippen molar-refractivity contribution in [2.24, 2.45) is 0 Å². The van der Waals surface area contributed by atoms with E-state index in [0.717, 1.165) is 23.9 Å². The number of anilines is 1. The molecule has 4 heteroatoms. The monoisotopic (exact) mass is 337 g/mol. The number of carbonyl (C=O) groups is 1. The van der Waals surface area contributed by atoms with Gasteiger partial charge in [-0.2, -0.15) is 0 Å². The lowest BCUT2D eigenvalue weighted by Gasteiger charge is -2.11. The van der Waals surface area contributed by atoms with Crippen LogP contribution in [-0.4, -0.2) is 12.5 Å². The van der Waals surface area contributed by atoms with Crippen LogP contribution < -0.4 is 10.1 Å². The molecule has 3 nitrogen and oxygen atoms in total. The molecular weight excluding hydrogens is 322 g/mol. The van der Waals surface area contributed by atoms with Crippen LogP contribution in [0.4, 0.5) is 5.69 Å². The van der Waals surface area contributed by atoms with Crippen molar-refractivity contribution in [3.8, 4) is 5.75 Å². The Labute approximate surface area is 145 Å². The molecule has 1 aliphatic rings. The predicted octanol–water partition coefficient (Wildman–Crippen LogP) is 4.61. The third kappa shape index (κ3) is 2.72. The Morgan fingerprint density at radius 3 is 2.62 bits per heavy atom. The van der Waals surface area contributed by atoms with Gasteiger partial charge in [0.25, 0.3) is 5.91 Å². The minimum Gasteiger partial charge on any atom is -0.482 e. The number of hydrogen-bond acceptors (Lipinski definition) is 2. The second-order valence-electron chi connectivity index (χ2n) is 5.88. The molecule has 0 saturated carbocycles. The summed E-state index contributed by atoms with van der Waals surface area (Å²) in [5, 5.41) is 5.82.